The second-order valence-electron chi connectivity index (χ2n) is 6.17. The molecule has 0 aromatic rings. The second kappa shape index (κ2) is 4.56. The molecule has 1 aliphatic carbocycles. The number of likely N-dealkylation sites (tertiary alicyclic amines) is 1. The summed E-state index contributed by atoms with van der Waals surface area (Å²) in [5.41, 5.74) is 0. The van der Waals surface area contributed by atoms with Gasteiger partial charge < -0.3 is 10.2 Å². The molecule has 3 unspecified atom stereocenters. The van der Waals surface area contributed by atoms with E-state index in [0.29, 0.717) is 30.2 Å². The summed E-state index contributed by atoms with van der Waals surface area (Å²) in [7, 11) is 0. The van der Waals surface area contributed by atoms with E-state index in [-0.39, 0.29) is 11.8 Å². The van der Waals surface area contributed by atoms with Gasteiger partial charge in [-0.05, 0) is 37.5 Å². The van der Waals surface area contributed by atoms with E-state index in [1.165, 1.54) is 12.8 Å². The van der Waals surface area contributed by atoms with Crippen molar-refractivity contribution in [3.8, 4) is 0 Å². The van der Waals surface area contributed by atoms with Crippen LogP contribution in [0.5, 0.6) is 0 Å². The topological polar surface area (TPSA) is 49.4 Å². The maximum absolute atomic E-state index is 12.4. The molecule has 3 atom stereocenters. The Labute approximate surface area is 108 Å². The zero-order valence-electron chi connectivity index (χ0n) is 11.0. The van der Waals surface area contributed by atoms with Crippen molar-refractivity contribution in [2.24, 2.45) is 17.8 Å². The molecule has 18 heavy (non-hydrogen) atoms. The molecule has 3 aliphatic rings. The number of hydrogen-bond acceptors (Lipinski definition) is 2. The summed E-state index contributed by atoms with van der Waals surface area (Å²) in [4.78, 5) is 25.7. The molecule has 0 aromatic heterocycles. The highest BCUT2D eigenvalue weighted by Crippen LogP contribution is 2.38. The Balaban J connectivity index is 1.59. The van der Waals surface area contributed by atoms with E-state index < -0.39 is 0 Å². The summed E-state index contributed by atoms with van der Waals surface area (Å²) in [5, 5.41) is 3.07. The first-order chi connectivity index (χ1) is 8.65. The molecule has 3 rings (SSSR count). The predicted octanol–water partition coefficient (Wildman–Crippen LogP) is 1.16. The minimum atomic E-state index is 0.183. The third kappa shape index (κ3) is 2.25. The van der Waals surface area contributed by atoms with Gasteiger partial charge in [-0.25, -0.2) is 0 Å². The Morgan fingerprint density at radius 2 is 2.11 bits per heavy atom. The fourth-order valence-corrected chi connectivity index (χ4v) is 3.40. The van der Waals surface area contributed by atoms with E-state index in [1.54, 1.807) is 0 Å². The molecule has 3 fully saturated rings. The predicted molar refractivity (Wildman–Crippen MR) is 67.7 cm³/mol. The van der Waals surface area contributed by atoms with Crippen LogP contribution in [-0.2, 0) is 9.59 Å². The SMILES string of the molecule is CC(C(=O)N1CCC2NC(=O)CCC2C1)C1CC1. The van der Waals surface area contributed by atoms with Crippen LogP contribution in [0.4, 0.5) is 0 Å². The normalized spacial score (nSPS) is 33.6. The van der Waals surface area contributed by atoms with Gasteiger partial charge in [0.15, 0.2) is 0 Å². The molecule has 2 amide bonds. The molecule has 0 bridgehead atoms. The van der Waals surface area contributed by atoms with Gasteiger partial charge in [-0.15, -0.1) is 0 Å². The van der Waals surface area contributed by atoms with Crippen molar-refractivity contribution in [3.63, 3.8) is 0 Å². The third-order valence-corrected chi connectivity index (χ3v) is 4.85. The van der Waals surface area contributed by atoms with Crippen LogP contribution in [0.3, 0.4) is 0 Å². The van der Waals surface area contributed by atoms with Gasteiger partial charge in [-0.3, -0.25) is 9.59 Å². The van der Waals surface area contributed by atoms with E-state index >= 15 is 0 Å². The fraction of sp³-hybridized carbons (Fsp3) is 0.857. The number of carbonyl (C=O) groups excluding carboxylic acids is 2. The average Bonchev–Trinajstić information content (AvgIpc) is 3.20. The van der Waals surface area contributed by atoms with E-state index in [2.05, 4.69) is 12.2 Å². The lowest BCUT2D eigenvalue weighted by molar-refractivity contribution is -0.138. The molecule has 1 N–H and O–H groups in total. The number of carbonyl (C=O) groups is 2. The Kier molecular flexibility index (Phi) is 3.04. The van der Waals surface area contributed by atoms with E-state index in [1.807, 2.05) is 4.90 Å². The second-order valence-corrected chi connectivity index (χ2v) is 6.17. The number of piperidine rings is 2. The average molecular weight is 250 g/mol. The Morgan fingerprint density at radius 1 is 1.33 bits per heavy atom. The molecule has 4 nitrogen and oxygen atoms in total. The highest BCUT2D eigenvalue weighted by Gasteiger charge is 2.39. The molecule has 1 saturated carbocycles. The van der Waals surface area contributed by atoms with E-state index in [9.17, 15) is 9.59 Å². The number of hydrogen-bond donors (Lipinski definition) is 1. The van der Waals surface area contributed by atoms with Crippen LogP contribution in [0.15, 0.2) is 0 Å². The summed E-state index contributed by atoms with van der Waals surface area (Å²) in [6.45, 7) is 3.74. The molecule has 2 aliphatic heterocycles. The molecule has 4 heteroatoms. The minimum absolute atomic E-state index is 0.183. The maximum atomic E-state index is 12.4. The molecule has 0 radical (unpaired) electrons. The standard InChI is InChI=1S/C14H22N2O2/c1-9(10-2-3-10)14(18)16-7-6-12-11(8-16)4-5-13(17)15-12/h9-12H,2-8H2,1H3,(H,15,17). The van der Waals surface area contributed by atoms with E-state index in [0.717, 1.165) is 25.9 Å². The van der Waals surface area contributed by atoms with Gasteiger partial charge in [0.2, 0.25) is 11.8 Å². The van der Waals surface area contributed by atoms with Crippen molar-refractivity contribution in [3.05, 3.63) is 0 Å². The fourth-order valence-electron chi connectivity index (χ4n) is 3.40. The minimum Gasteiger partial charge on any atom is -0.353 e. The van der Waals surface area contributed by atoms with Crippen molar-refractivity contribution >= 4 is 11.8 Å². The quantitative estimate of drug-likeness (QED) is 0.799. The summed E-state index contributed by atoms with van der Waals surface area (Å²) in [5.74, 6) is 1.85. The molecule has 2 saturated heterocycles. The van der Waals surface area contributed by atoms with Gasteiger partial charge in [0.25, 0.3) is 0 Å². The first-order valence-corrected chi connectivity index (χ1v) is 7.23. The maximum Gasteiger partial charge on any atom is 0.225 e. The summed E-state index contributed by atoms with van der Waals surface area (Å²) in [6.07, 6.45) is 4.95. The van der Waals surface area contributed by atoms with Gasteiger partial charge in [0, 0.05) is 31.5 Å². The van der Waals surface area contributed by atoms with Crippen LogP contribution < -0.4 is 5.32 Å². The molecule has 2 heterocycles. The highest BCUT2D eigenvalue weighted by atomic mass is 16.2. The lowest BCUT2D eigenvalue weighted by Crippen LogP contribution is -2.55. The van der Waals surface area contributed by atoms with Crippen LogP contribution in [0.25, 0.3) is 0 Å². The highest BCUT2D eigenvalue weighted by molar-refractivity contribution is 5.80. The third-order valence-electron chi connectivity index (χ3n) is 4.85. The van der Waals surface area contributed by atoms with Crippen LogP contribution in [-0.4, -0.2) is 35.8 Å². The van der Waals surface area contributed by atoms with Crippen LogP contribution in [0, 0.1) is 17.8 Å². The van der Waals surface area contributed by atoms with Crippen molar-refractivity contribution in [1.29, 1.82) is 0 Å². The lowest BCUT2D eigenvalue weighted by atomic mass is 9.84. The number of fused-ring (bicyclic) bond motifs is 1. The molecular weight excluding hydrogens is 228 g/mol. The van der Waals surface area contributed by atoms with Gasteiger partial charge in [-0.2, -0.15) is 0 Å². The molecule has 0 aromatic carbocycles. The summed E-state index contributed by atoms with van der Waals surface area (Å²) < 4.78 is 0. The number of amides is 2. The molecule has 100 valence electrons. The first kappa shape index (κ1) is 12.0. The smallest absolute Gasteiger partial charge is 0.225 e. The van der Waals surface area contributed by atoms with E-state index in [4.69, 9.17) is 0 Å². The van der Waals surface area contributed by atoms with Crippen molar-refractivity contribution < 1.29 is 9.59 Å². The monoisotopic (exact) mass is 250 g/mol. The zero-order chi connectivity index (χ0) is 12.7. The van der Waals surface area contributed by atoms with Gasteiger partial charge in [0.1, 0.15) is 0 Å². The van der Waals surface area contributed by atoms with Gasteiger partial charge in [-0.1, -0.05) is 6.92 Å². The molecular formula is C14H22N2O2. The number of rotatable bonds is 2. The van der Waals surface area contributed by atoms with Crippen LogP contribution in [0.1, 0.15) is 39.0 Å². The van der Waals surface area contributed by atoms with Crippen LogP contribution in [0.2, 0.25) is 0 Å². The number of nitrogens with zero attached hydrogens (tertiary/aromatic N) is 1. The molecule has 0 spiro atoms. The van der Waals surface area contributed by atoms with Crippen molar-refractivity contribution in [2.75, 3.05) is 13.1 Å². The van der Waals surface area contributed by atoms with Gasteiger partial charge in [0.05, 0.1) is 0 Å². The Morgan fingerprint density at radius 3 is 2.83 bits per heavy atom. The summed E-state index contributed by atoms with van der Waals surface area (Å²) >= 11 is 0. The van der Waals surface area contributed by atoms with Crippen LogP contribution >= 0.6 is 0 Å². The Hall–Kier alpha value is -1.06. The van der Waals surface area contributed by atoms with Gasteiger partial charge >= 0.3 is 0 Å². The summed E-state index contributed by atoms with van der Waals surface area (Å²) in [6, 6.07) is 0.312. The Bertz CT molecular complexity index is 365. The van der Waals surface area contributed by atoms with Crippen molar-refractivity contribution in [1.82, 2.24) is 10.2 Å². The lowest BCUT2D eigenvalue weighted by Gasteiger charge is -2.42. The first-order valence-electron chi connectivity index (χ1n) is 7.23. The zero-order valence-corrected chi connectivity index (χ0v) is 11.0. The largest absolute Gasteiger partial charge is 0.353 e. The number of nitrogens with one attached hydrogen (secondary N) is 1. The van der Waals surface area contributed by atoms with Crippen molar-refractivity contribution in [2.45, 2.75) is 45.1 Å².